The van der Waals surface area contributed by atoms with Crippen LogP contribution in [0, 0.1) is 6.92 Å². The first-order valence-electron chi connectivity index (χ1n) is 9.00. The number of nitrogens with one attached hydrogen (secondary N) is 1. The van der Waals surface area contributed by atoms with Crippen LogP contribution >= 0.6 is 0 Å². The highest BCUT2D eigenvalue weighted by molar-refractivity contribution is 6.09. The van der Waals surface area contributed by atoms with Gasteiger partial charge in [0.05, 0.1) is 5.69 Å². The summed E-state index contributed by atoms with van der Waals surface area (Å²) in [4.78, 5) is 31.6. The molecule has 7 heteroatoms. The van der Waals surface area contributed by atoms with Crippen LogP contribution in [0.2, 0.25) is 0 Å². The highest BCUT2D eigenvalue weighted by atomic mass is 16.2. The maximum Gasteiger partial charge on any atom is 0.252 e. The van der Waals surface area contributed by atoms with Gasteiger partial charge in [-0.1, -0.05) is 12.1 Å². The lowest BCUT2D eigenvalue weighted by Crippen LogP contribution is -2.53. The van der Waals surface area contributed by atoms with E-state index in [0.29, 0.717) is 18.5 Å². The highest BCUT2D eigenvalue weighted by Crippen LogP contribution is 2.23. The van der Waals surface area contributed by atoms with Gasteiger partial charge in [-0.2, -0.15) is 5.10 Å². The van der Waals surface area contributed by atoms with Crippen molar-refractivity contribution in [3.8, 4) is 0 Å². The lowest BCUT2D eigenvalue weighted by molar-refractivity contribution is -0.121. The van der Waals surface area contributed by atoms with Crippen molar-refractivity contribution in [1.82, 2.24) is 20.1 Å². The van der Waals surface area contributed by atoms with Gasteiger partial charge in [-0.25, -0.2) is 0 Å². The van der Waals surface area contributed by atoms with Crippen LogP contribution in [-0.2, 0) is 11.8 Å². The molecule has 138 valence electrons. The Hall–Kier alpha value is -3.22. The van der Waals surface area contributed by atoms with Gasteiger partial charge < -0.3 is 5.32 Å². The number of fused-ring (bicyclic) bond motifs is 1. The van der Waals surface area contributed by atoms with E-state index in [2.05, 4.69) is 15.4 Å². The molecule has 2 aromatic heterocycles. The zero-order chi connectivity index (χ0) is 19.0. The first-order valence-corrected chi connectivity index (χ1v) is 9.00. The summed E-state index contributed by atoms with van der Waals surface area (Å²) in [5.41, 5.74) is 1.41. The van der Waals surface area contributed by atoms with E-state index in [1.165, 1.54) is 0 Å². The number of aromatic nitrogens is 3. The number of nitrogens with zero attached hydrogens (tertiary/aromatic N) is 4. The van der Waals surface area contributed by atoms with E-state index in [0.717, 1.165) is 28.7 Å². The van der Waals surface area contributed by atoms with Crippen LogP contribution < -0.4 is 10.2 Å². The molecule has 1 aromatic carbocycles. The lowest BCUT2D eigenvalue weighted by atomic mass is 10.0. The first-order chi connectivity index (χ1) is 13.0. The SMILES string of the molecule is Cc1cc(N2CCCC(NC(=O)c3cccc4cnccc34)C2=O)n(C)n1. The van der Waals surface area contributed by atoms with Crippen LogP contribution in [0.4, 0.5) is 5.82 Å². The van der Waals surface area contributed by atoms with Crippen LogP contribution in [0.3, 0.4) is 0 Å². The third kappa shape index (κ3) is 3.16. The Morgan fingerprint density at radius 1 is 1.30 bits per heavy atom. The van der Waals surface area contributed by atoms with Crippen molar-refractivity contribution in [2.45, 2.75) is 25.8 Å². The average Bonchev–Trinajstić information content (AvgIpc) is 3.01. The van der Waals surface area contributed by atoms with Gasteiger partial charge in [0.25, 0.3) is 11.8 Å². The predicted octanol–water partition coefficient (Wildman–Crippen LogP) is 2.20. The monoisotopic (exact) mass is 363 g/mol. The molecule has 1 fully saturated rings. The van der Waals surface area contributed by atoms with E-state index in [1.54, 1.807) is 28.0 Å². The second kappa shape index (κ2) is 6.83. The van der Waals surface area contributed by atoms with Crippen molar-refractivity contribution in [2.24, 2.45) is 7.05 Å². The molecule has 1 aliphatic heterocycles. The Balaban J connectivity index is 1.57. The molecule has 0 bridgehead atoms. The summed E-state index contributed by atoms with van der Waals surface area (Å²) in [6.07, 6.45) is 4.84. The largest absolute Gasteiger partial charge is 0.340 e. The van der Waals surface area contributed by atoms with E-state index in [9.17, 15) is 9.59 Å². The molecular formula is C20H21N5O2. The lowest BCUT2D eigenvalue weighted by Gasteiger charge is -2.32. The van der Waals surface area contributed by atoms with Crippen molar-refractivity contribution in [3.05, 3.63) is 54.0 Å². The van der Waals surface area contributed by atoms with Crippen LogP contribution in [-0.4, -0.2) is 39.2 Å². The number of amides is 2. The Bertz CT molecular complexity index is 1020. The standard InChI is InChI=1S/C20H21N5O2/c1-13-11-18(24(2)23-13)25-10-4-7-17(20(25)27)22-19(26)16-6-3-5-14-12-21-9-8-15(14)16/h3,5-6,8-9,11-12,17H,4,7,10H2,1-2H3,(H,22,26). The fourth-order valence-corrected chi connectivity index (χ4v) is 3.64. The first kappa shape index (κ1) is 17.2. The molecule has 0 saturated carbocycles. The zero-order valence-corrected chi connectivity index (χ0v) is 15.3. The Labute approximate surface area is 157 Å². The van der Waals surface area contributed by atoms with Crippen molar-refractivity contribution in [1.29, 1.82) is 0 Å². The molecule has 1 saturated heterocycles. The molecule has 2 amide bonds. The van der Waals surface area contributed by atoms with Crippen molar-refractivity contribution in [2.75, 3.05) is 11.4 Å². The fourth-order valence-electron chi connectivity index (χ4n) is 3.64. The number of hydrogen-bond donors (Lipinski definition) is 1. The maximum atomic E-state index is 13.0. The number of benzene rings is 1. The van der Waals surface area contributed by atoms with Gasteiger partial charge in [0.2, 0.25) is 0 Å². The number of carbonyl (C=O) groups is 2. The van der Waals surface area contributed by atoms with Gasteiger partial charge in [0, 0.05) is 43.0 Å². The molecule has 1 N–H and O–H groups in total. The molecule has 1 unspecified atom stereocenters. The Morgan fingerprint density at radius 2 is 2.15 bits per heavy atom. The summed E-state index contributed by atoms with van der Waals surface area (Å²) in [6, 6.07) is 8.67. The molecule has 27 heavy (non-hydrogen) atoms. The predicted molar refractivity (Wildman–Crippen MR) is 103 cm³/mol. The van der Waals surface area contributed by atoms with Gasteiger partial charge in [-0.3, -0.25) is 24.2 Å². The second-order valence-electron chi connectivity index (χ2n) is 6.83. The molecule has 1 aliphatic rings. The summed E-state index contributed by atoms with van der Waals surface area (Å²) < 4.78 is 1.70. The quantitative estimate of drug-likeness (QED) is 0.774. The number of carbonyl (C=O) groups excluding carboxylic acids is 2. The summed E-state index contributed by atoms with van der Waals surface area (Å²) in [7, 11) is 1.82. The van der Waals surface area contributed by atoms with E-state index in [1.807, 2.05) is 38.2 Å². The maximum absolute atomic E-state index is 13.0. The van der Waals surface area contributed by atoms with Crippen LogP contribution in [0.15, 0.2) is 42.7 Å². The zero-order valence-electron chi connectivity index (χ0n) is 15.3. The molecule has 4 rings (SSSR count). The minimum atomic E-state index is -0.543. The van der Waals surface area contributed by atoms with E-state index >= 15 is 0 Å². The number of hydrogen-bond acceptors (Lipinski definition) is 4. The summed E-state index contributed by atoms with van der Waals surface area (Å²) in [5.74, 6) is 0.417. The van der Waals surface area contributed by atoms with Crippen LogP contribution in [0.5, 0.6) is 0 Å². The summed E-state index contributed by atoms with van der Waals surface area (Å²) >= 11 is 0. The number of aryl methyl sites for hydroxylation is 2. The van der Waals surface area contributed by atoms with E-state index in [4.69, 9.17) is 0 Å². The summed E-state index contributed by atoms with van der Waals surface area (Å²) in [6.45, 7) is 2.52. The number of pyridine rings is 1. The molecule has 7 nitrogen and oxygen atoms in total. The minimum absolute atomic E-state index is 0.0977. The van der Waals surface area contributed by atoms with Crippen molar-refractivity contribution >= 4 is 28.4 Å². The third-order valence-electron chi connectivity index (χ3n) is 4.92. The van der Waals surface area contributed by atoms with Crippen molar-refractivity contribution < 1.29 is 9.59 Å². The van der Waals surface area contributed by atoms with Crippen LogP contribution in [0.25, 0.3) is 10.8 Å². The van der Waals surface area contributed by atoms with Gasteiger partial charge >= 0.3 is 0 Å². The second-order valence-corrected chi connectivity index (χ2v) is 6.83. The van der Waals surface area contributed by atoms with Gasteiger partial charge in [0.1, 0.15) is 11.9 Å². The number of rotatable bonds is 3. The van der Waals surface area contributed by atoms with Gasteiger partial charge in [-0.05, 0) is 37.3 Å². The number of anilines is 1. The summed E-state index contributed by atoms with van der Waals surface area (Å²) in [5, 5.41) is 8.96. The molecule has 0 aliphatic carbocycles. The fraction of sp³-hybridized carbons (Fsp3) is 0.300. The van der Waals surface area contributed by atoms with Crippen LogP contribution in [0.1, 0.15) is 28.9 Å². The molecule has 0 spiro atoms. The van der Waals surface area contributed by atoms with Gasteiger partial charge in [-0.15, -0.1) is 0 Å². The minimum Gasteiger partial charge on any atom is -0.340 e. The topological polar surface area (TPSA) is 80.1 Å². The highest BCUT2D eigenvalue weighted by Gasteiger charge is 2.32. The Kier molecular flexibility index (Phi) is 4.35. The molecule has 3 heterocycles. The number of piperidine rings is 1. The van der Waals surface area contributed by atoms with E-state index < -0.39 is 6.04 Å². The molecule has 1 atom stereocenters. The smallest absolute Gasteiger partial charge is 0.252 e. The normalized spacial score (nSPS) is 17.3. The molecular weight excluding hydrogens is 342 g/mol. The molecule has 3 aromatic rings. The van der Waals surface area contributed by atoms with E-state index in [-0.39, 0.29) is 11.8 Å². The third-order valence-corrected chi connectivity index (χ3v) is 4.92. The van der Waals surface area contributed by atoms with Crippen molar-refractivity contribution in [3.63, 3.8) is 0 Å². The van der Waals surface area contributed by atoms with Gasteiger partial charge in [0.15, 0.2) is 0 Å². The average molecular weight is 363 g/mol. The molecule has 0 radical (unpaired) electrons. The Morgan fingerprint density at radius 3 is 2.93 bits per heavy atom.